The van der Waals surface area contributed by atoms with Gasteiger partial charge in [0, 0.05) is 24.7 Å². The summed E-state index contributed by atoms with van der Waals surface area (Å²) in [6, 6.07) is 2.29. The highest BCUT2D eigenvalue weighted by Crippen LogP contribution is 2.50. The molecule has 0 spiro atoms. The molecule has 2 saturated carbocycles. The monoisotopic (exact) mass is 292 g/mol. The van der Waals surface area contributed by atoms with E-state index in [1.807, 2.05) is 0 Å². The summed E-state index contributed by atoms with van der Waals surface area (Å²) < 4.78 is 0. The molecule has 2 heteroatoms. The van der Waals surface area contributed by atoms with E-state index < -0.39 is 0 Å². The largest absolute Gasteiger partial charge is 0.314 e. The fourth-order valence-corrected chi connectivity index (χ4v) is 5.72. The fourth-order valence-electron chi connectivity index (χ4n) is 5.72. The van der Waals surface area contributed by atoms with E-state index in [1.54, 1.807) is 6.42 Å². The van der Waals surface area contributed by atoms with Gasteiger partial charge in [0.15, 0.2) is 0 Å². The lowest BCUT2D eigenvalue weighted by molar-refractivity contribution is 0.0184. The SMILES string of the molecule is CCCNC1CCN(C(C)C2CC3CCC2C3)C(C)C1C. The Morgan fingerprint density at radius 1 is 1.14 bits per heavy atom. The van der Waals surface area contributed by atoms with Crippen molar-refractivity contribution >= 4 is 0 Å². The van der Waals surface area contributed by atoms with Crippen molar-refractivity contribution in [3.63, 3.8) is 0 Å². The third-order valence-electron chi connectivity index (χ3n) is 7.21. The molecule has 0 amide bonds. The van der Waals surface area contributed by atoms with Gasteiger partial charge in [-0.05, 0) is 76.2 Å². The van der Waals surface area contributed by atoms with Crippen LogP contribution >= 0.6 is 0 Å². The van der Waals surface area contributed by atoms with Crippen LogP contribution in [0.4, 0.5) is 0 Å². The lowest BCUT2D eigenvalue weighted by atomic mass is 9.79. The molecule has 1 saturated heterocycles. The molecule has 0 aromatic rings. The van der Waals surface area contributed by atoms with Crippen LogP contribution in [0.25, 0.3) is 0 Å². The van der Waals surface area contributed by atoms with Crippen molar-refractivity contribution in [2.45, 2.75) is 84.3 Å². The smallest absolute Gasteiger partial charge is 0.0120 e. The first-order chi connectivity index (χ1) is 10.1. The normalized spacial score (nSPS) is 45.1. The minimum atomic E-state index is 0.738. The molecule has 3 rings (SSSR count). The quantitative estimate of drug-likeness (QED) is 0.826. The van der Waals surface area contributed by atoms with Gasteiger partial charge in [0.05, 0.1) is 0 Å². The van der Waals surface area contributed by atoms with Crippen molar-refractivity contribution in [3.8, 4) is 0 Å². The Morgan fingerprint density at radius 3 is 2.57 bits per heavy atom. The van der Waals surface area contributed by atoms with Crippen LogP contribution in [-0.4, -0.2) is 36.1 Å². The Bertz CT molecular complexity index is 342. The average molecular weight is 293 g/mol. The number of hydrogen-bond acceptors (Lipinski definition) is 2. The summed E-state index contributed by atoms with van der Waals surface area (Å²) in [5.74, 6) is 3.92. The lowest BCUT2D eigenvalue weighted by Crippen LogP contribution is -2.57. The minimum Gasteiger partial charge on any atom is -0.314 e. The number of hydrogen-bond donors (Lipinski definition) is 1. The highest BCUT2D eigenvalue weighted by atomic mass is 15.2. The summed E-state index contributed by atoms with van der Waals surface area (Å²) >= 11 is 0. The number of rotatable bonds is 5. The van der Waals surface area contributed by atoms with Crippen LogP contribution in [0.5, 0.6) is 0 Å². The molecular formula is C19H36N2. The predicted molar refractivity (Wildman–Crippen MR) is 90.4 cm³/mol. The zero-order valence-corrected chi connectivity index (χ0v) is 14.6. The second-order valence-electron chi connectivity index (χ2n) is 8.27. The van der Waals surface area contributed by atoms with Crippen molar-refractivity contribution in [2.75, 3.05) is 13.1 Å². The number of likely N-dealkylation sites (tertiary alicyclic amines) is 1. The molecule has 2 bridgehead atoms. The molecule has 0 radical (unpaired) electrons. The summed E-state index contributed by atoms with van der Waals surface area (Å²) in [5.41, 5.74) is 0. The fraction of sp³-hybridized carbons (Fsp3) is 1.00. The molecule has 2 aliphatic carbocycles. The van der Waals surface area contributed by atoms with E-state index in [-0.39, 0.29) is 0 Å². The minimum absolute atomic E-state index is 0.738. The summed E-state index contributed by atoms with van der Waals surface area (Å²) in [6.45, 7) is 12.2. The van der Waals surface area contributed by atoms with Gasteiger partial charge in [-0.3, -0.25) is 4.90 Å². The van der Waals surface area contributed by atoms with Gasteiger partial charge >= 0.3 is 0 Å². The average Bonchev–Trinajstić information content (AvgIpc) is 3.11. The Morgan fingerprint density at radius 2 is 1.95 bits per heavy atom. The Hall–Kier alpha value is -0.0800. The summed E-state index contributed by atoms with van der Waals surface area (Å²) in [7, 11) is 0. The highest BCUT2D eigenvalue weighted by Gasteiger charge is 2.45. The lowest BCUT2D eigenvalue weighted by Gasteiger charge is -2.48. The molecule has 7 atom stereocenters. The second kappa shape index (κ2) is 6.58. The van der Waals surface area contributed by atoms with Gasteiger partial charge in [0.2, 0.25) is 0 Å². The van der Waals surface area contributed by atoms with Crippen LogP contribution in [-0.2, 0) is 0 Å². The van der Waals surface area contributed by atoms with Gasteiger partial charge in [-0.2, -0.15) is 0 Å². The van der Waals surface area contributed by atoms with Crippen LogP contribution in [0.1, 0.15) is 66.2 Å². The van der Waals surface area contributed by atoms with Gasteiger partial charge < -0.3 is 5.32 Å². The van der Waals surface area contributed by atoms with E-state index in [2.05, 4.69) is 37.9 Å². The number of nitrogens with zero attached hydrogens (tertiary/aromatic N) is 1. The molecule has 0 aromatic heterocycles. The third kappa shape index (κ3) is 3.03. The Balaban J connectivity index is 1.59. The molecule has 1 heterocycles. The maximum absolute atomic E-state index is 3.78. The second-order valence-corrected chi connectivity index (χ2v) is 8.27. The maximum Gasteiger partial charge on any atom is 0.0120 e. The number of piperidine rings is 1. The molecule has 122 valence electrons. The molecule has 3 fully saturated rings. The molecular weight excluding hydrogens is 256 g/mol. The van der Waals surface area contributed by atoms with Crippen LogP contribution in [0, 0.1) is 23.7 Å². The predicted octanol–water partition coefficient (Wildman–Crippen LogP) is 3.91. The van der Waals surface area contributed by atoms with Gasteiger partial charge in [0.1, 0.15) is 0 Å². The Labute approximate surface area is 132 Å². The van der Waals surface area contributed by atoms with E-state index in [4.69, 9.17) is 0 Å². The number of nitrogens with one attached hydrogen (secondary N) is 1. The highest BCUT2D eigenvalue weighted by molar-refractivity contribution is 4.98. The Kier molecular flexibility index (Phi) is 4.95. The van der Waals surface area contributed by atoms with E-state index >= 15 is 0 Å². The van der Waals surface area contributed by atoms with Crippen molar-refractivity contribution in [1.82, 2.24) is 10.2 Å². The molecule has 3 aliphatic rings. The van der Waals surface area contributed by atoms with Gasteiger partial charge in [0.25, 0.3) is 0 Å². The van der Waals surface area contributed by atoms with Crippen LogP contribution < -0.4 is 5.32 Å². The zero-order chi connectivity index (χ0) is 15.0. The van der Waals surface area contributed by atoms with E-state index in [9.17, 15) is 0 Å². The van der Waals surface area contributed by atoms with Crippen LogP contribution in [0.3, 0.4) is 0 Å². The molecule has 0 aromatic carbocycles. The summed E-state index contributed by atoms with van der Waals surface area (Å²) in [4.78, 5) is 2.86. The van der Waals surface area contributed by atoms with Crippen LogP contribution in [0.15, 0.2) is 0 Å². The first-order valence-corrected chi connectivity index (χ1v) is 9.61. The number of fused-ring (bicyclic) bond motifs is 2. The first-order valence-electron chi connectivity index (χ1n) is 9.61. The van der Waals surface area contributed by atoms with Crippen LogP contribution in [0.2, 0.25) is 0 Å². The van der Waals surface area contributed by atoms with Crippen molar-refractivity contribution in [1.29, 1.82) is 0 Å². The standard InChI is InChI=1S/C19H36N2/c1-5-9-20-19-8-10-21(14(3)13(19)2)15(4)18-12-16-6-7-17(18)11-16/h13-20H,5-12H2,1-4H3. The topological polar surface area (TPSA) is 15.3 Å². The molecule has 2 nitrogen and oxygen atoms in total. The van der Waals surface area contributed by atoms with E-state index in [0.717, 1.165) is 41.8 Å². The zero-order valence-electron chi connectivity index (χ0n) is 14.6. The summed E-state index contributed by atoms with van der Waals surface area (Å²) in [6.07, 6.45) is 8.73. The van der Waals surface area contributed by atoms with Gasteiger partial charge in [-0.1, -0.05) is 20.3 Å². The summed E-state index contributed by atoms with van der Waals surface area (Å²) in [5, 5.41) is 3.78. The van der Waals surface area contributed by atoms with Crippen molar-refractivity contribution in [3.05, 3.63) is 0 Å². The van der Waals surface area contributed by atoms with Gasteiger partial charge in [-0.25, -0.2) is 0 Å². The third-order valence-corrected chi connectivity index (χ3v) is 7.21. The van der Waals surface area contributed by atoms with E-state index in [0.29, 0.717) is 0 Å². The molecule has 1 N–H and O–H groups in total. The first kappa shape index (κ1) is 15.8. The van der Waals surface area contributed by atoms with Crippen molar-refractivity contribution in [2.24, 2.45) is 23.7 Å². The van der Waals surface area contributed by atoms with Crippen molar-refractivity contribution < 1.29 is 0 Å². The maximum atomic E-state index is 3.78. The molecule has 7 unspecified atom stereocenters. The van der Waals surface area contributed by atoms with E-state index in [1.165, 1.54) is 45.2 Å². The molecule has 1 aliphatic heterocycles. The van der Waals surface area contributed by atoms with Gasteiger partial charge in [-0.15, -0.1) is 0 Å². The molecule has 21 heavy (non-hydrogen) atoms.